The number of benzene rings is 1. The van der Waals surface area contributed by atoms with Crippen LogP contribution in [0.3, 0.4) is 0 Å². The second kappa shape index (κ2) is 9.97. The molecule has 0 bridgehead atoms. The number of hydrogen-bond donors (Lipinski definition) is 1. The van der Waals surface area contributed by atoms with Crippen LogP contribution in [0.25, 0.3) is 0 Å². The first-order valence-corrected chi connectivity index (χ1v) is 7.41. The average molecular weight is 293 g/mol. The minimum absolute atomic E-state index is 0.103. The summed E-state index contributed by atoms with van der Waals surface area (Å²) in [6, 6.07) is 5.78. The monoisotopic (exact) mass is 293 g/mol. The normalized spacial score (nSPS) is 11.1. The van der Waals surface area contributed by atoms with Gasteiger partial charge in [0.05, 0.1) is 6.61 Å². The molecule has 1 atom stereocenters. The molecule has 0 spiro atoms. The van der Waals surface area contributed by atoms with Gasteiger partial charge < -0.3 is 10.5 Å². The molecule has 0 aliphatic rings. The van der Waals surface area contributed by atoms with Gasteiger partial charge in [-0.15, -0.1) is 0 Å². The number of primary amides is 1. The maximum atomic E-state index is 11.1. The van der Waals surface area contributed by atoms with Crippen LogP contribution in [0.4, 0.5) is 0 Å². The molecule has 0 heterocycles. The number of carbonyl (C=O) groups excluding carboxylic acids is 2. The molecule has 1 rings (SSSR count). The Kier molecular flexibility index (Phi) is 9.10. The highest BCUT2D eigenvalue weighted by atomic mass is 16.5. The van der Waals surface area contributed by atoms with Crippen LogP contribution < -0.4 is 10.5 Å². The Morgan fingerprint density at radius 1 is 1.29 bits per heavy atom. The first-order chi connectivity index (χ1) is 9.90. The van der Waals surface area contributed by atoms with Crippen molar-refractivity contribution in [3.05, 3.63) is 29.3 Å². The highest BCUT2D eigenvalue weighted by molar-refractivity contribution is 5.78. The summed E-state index contributed by atoms with van der Waals surface area (Å²) in [6.45, 7) is 9.74. The topological polar surface area (TPSA) is 69.4 Å². The lowest BCUT2D eigenvalue weighted by Crippen LogP contribution is -2.16. The lowest BCUT2D eigenvalue weighted by atomic mass is 10.1. The Bertz CT molecular complexity index is 469. The third-order valence-electron chi connectivity index (χ3n) is 3.08. The summed E-state index contributed by atoms with van der Waals surface area (Å²) < 4.78 is 5.63. The maximum Gasteiger partial charge on any atom is 0.217 e. The van der Waals surface area contributed by atoms with Crippen molar-refractivity contribution in [3.8, 4) is 5.75 Å². The van der Waals surface area contributed by atoms with Gasteiger partial charge in [0.1, 0.15) is 11.5 Å². The molecule has 0 radical (unpaired) electrons. The smallest absolute Gasteiger partial charge is 0.217 e. The van der Waals surface area contributed by atoms with Crippen LogP contribution in [0.5, 0.6) is 5.75 Å². The van der Waals surface area contributed by atoms with E-state index in [1.54, 1.807) is 6.92 Å². The predicted molar refractivity (Wildman–Crippen MR) is 85.4 cm³/mol. The number of carbonyl (C=O) groups is 2. The zero-order valence-electron chi connectivity index (χ0n) is 13.7. The van der Waals surface area contributed by atoms with Crippen LogP contribution in [0.2, 0.25) is 0 Å². The lowest BCUT2D eigenvalue weighted by molar-refractivity contribution is -0.121. The fourth-order valence-corrected chi connectivity index (χ4v) is 1.63. The number of ether oxygens (including phenoxy) is 1. The molecule has 2 N–H and O–H groups in total. The van der Waals surface area contributed by atoms with Crippen molar-refractivity contribution in [2.75, 3.05) is 6.61 Å². The van der Waals surface area contributed by atoms with Crippen molar-refractivity contribution in [3.63, 3.8) is 0 Å². The molecular formula is C17H27NO3. The molecular weight excluding hydrogens is 266 g/mol. The highest BCUT2D eigenvalue weighted by Crippen LogP contribution is 2.20. The molecule has 4 heteroatoms. The van der Waals surface area contributed by atoms with Gasteiger partial charge in [0.15, 0.2) is 0 Å². The summed E-state index contributed by atoms with van der Waals surface area (Å²) in [4.78, 5) is 21.9. The minimum Gasteiger partial charge on any atom is -0.493 e. The van der Waals surface area contributed by atoms with E-state index in [1.165, 1.54) is 0 Å². The molecule has 118 valence electrons. The summed E-state index contributed by atoms with van der Waals surface area (Å²) in [5, 5.41) is 0. The highest BCUT2D eigenvalue weighted by Gasteiger charge is 2.09. The van der Waals surface area contributed by atoms with Crippen molar-refractivity contribution in [1.82, 2.24) is 0 Å². The van der Waals surface area contributed by atoms with E-state index in [1.807, 2.05) is 45.9 Å². The number of Topliss-reactive ketones (excluding diaryl/α,β-unsaturated/α-hetero) is 1. The Labute approximate surface area is 127 Å². The van der Waals surface area contributed by atoms with E-state index < -0.39 is 0 Å². The van der Waals surface area contributed by atoms with Gasteiger partial charge in [-0.2, -0.15) is 0 Å². The van der Waals surface area contributed by atoms with Gasteiger partial charge in [-0.1, -0.05) is 32.9 Å². The summed E-state index contributed by atoms with van der Waals surface area (Å²) >= 11 is 0. The molecule has 1 aromatic carbocycles. The molecule has 21 heavy (non-hydrogen) atoms. The number of aryl methyl sites for hydroxylation is 2. The molecule has 0 saturated carbocycles. The van der Waals surface area contributed by atoms with Gasteiger partial charge in [0.2, 0.25) is 5.91 Å². The van der Waals surface area contributed by atoms with Crippen molar-refractivity contribution < 1.29 is 14.3 Å². The molecule has 0 saturated heterocycles. The zero-order valence-corrected chi connectivity index (χ0v) is 13.7. The maximum absolute atomic E-state index is 11.1. The Balaban J connectivity index is 0.00000191. The number of rotatable bonds is 7. The van der Waals surface area contributed by atoms with Crippen molar-refractivity contribution in [2.24, 2.45) is 11.7 Å². The fraction of sp³-hybridized carbons (Fsp3) is 0.529. The molecule has 1 aromatic rings. The van der Waals surface area contributed by atoms with Gasteiger partial charge in [-0.25, -0.2) is 0 Å². The summed E-state index contributed by atoms with van der Waals surface area (Å²) in [7, 11) is 0. The van der Waals surface area contributed by atoms with Gasteiger partial charge in [0.25, 0.3) is 0 Å². The molecule has 1 amide bonds. The SMILES string of the molecule is CC.CC(=O)[C@@H](C)COc1ccc(CCC(N)=O)cc1C. The Morgan fingerprint density at radius 2 is 1.90 bits per heavy atom. The standard InChI is InChI=1S/C15H21NO3.C2H6/c1-10-8-13(5-7-15(16)18)4-6-14(10)19-9-11(2)12(3)17;1-2/h4,6,8,11H,5,7,9H2,1-3H3,(H2,16,18);1-2H3/t11-;/m0./s1. The number of hydrogen-bond acceptors (Lipinski definition) is 3. The van der Waals surface area contributed by atoms with E-state index in [9.17, 15) is 9.59 Å². The van der Waals surface area contributed by atoms with Crippen molar-refractivity contribution in [2.45, 2.75) is 47.5 Å². The quantitative estimate of drug-likeness (QED) is 0.840. The van der Waals surface area contributed by atoms with Gasteiger partial charge in [-0.3, -0.25) is 9.59 Å². The first kappa shape index (κ1) is 19.2. The molecule has 0 aromatic heterocycles. The Hall–Kier alpha value is -1.84. The van der Waals surface area contributed by atoms with E-state index >= 15 is 0 Å². The minimum atomic E-state index is -0.298. The van der Waals surface area contributed by atoms with Crippen LogP contribution >= 0.6 is 0 Å². The van der Waals surface area contributed by atoms with Gasteiger partial charge in [0, 0.05) is 12.3 Å². The van der Waals surface area contributed by atoms with Crippen LogP contribution in [0.15, 0.2) is 18.2 Å². The van der Waals surface area contributed by atoms with Crippen LogP contribution in [0.1, 0.15) is 45.2 Å². The lowest BCUT2D eigenvalue weighted by Gasteiger charge is -2.13. The zero-order chi connectivity index (χ0) is 16.4. The third-order valence-corrected chi connectivity index (χ3v) is 3.08. The molecule has 0 unspecified atom stereocenters. The second-order valence-corrected chi connectivity index (χ2v) is 4.89. The van der Waals surface area contributed by atoms with E-state index in [2.05, 4.69) is 0 Å². The molecule has 0 fully saturated rings. The van der Waals surface area contributed by atoms with E-state index in [0.29, 0.717) is 19.4 Å². The van der Waals surface area contributed by atoms with Crippen molar-refractivity contribution >= 4 is 11.7 Å². The van der Waals surface area contributed by atoms with E-state index in [4.69, 9.17) is 10.5 Å². The number of ketones is 1. The van der Waals surface area contributed by atoms with Crippen LogP contribution in [0, 0.1) is 12.8 Å². The summed E-state index contributed by atoms with van der Waals surface area (Å²) in [5.41, 5.74) is 7.18. The summed E-state index contributed by atoms with van der Waals surface area (Å²) in [6.07, 6.45) is 0.987. The van der Waals surface area contributed by atoms with Crippen LogP contribution in [-0.2, 0) is 16.0 Å². The fourth-order valence-electron chi connectivity index (χ4n) is 1.63. The average Bonchev–Trinajstić information content (AvgIpc) is 2.45. The second-order valence-electron chi connectivity index (χ2n) is 4.89. The molecule has 4 nitrogen and oxygen atoms in total. The van der Waals surface area contributed by atoms with Gasteiger partial charge in [-0.05, 0) is 37.5 Å². The van der Waals surface area contributed by atoms with E-state index in [0.717, 1.165) is 16.9 Å². The van der Waals surface area contributed by atoms with E-state index in [-0.39, 0.29) is 17.6 Å². The molecule has 0 aliphatic carbocycles. The number of amides is 1. The summed E-state index contributed by atoms with van der Waals surface area (Å²) in [5.74, 6) is 0.494. The van der Waals surface area contributed by atoms with Crippen LogP contribution in [-0.4, -0.2) is 18.3 Å². The first-order valence-electron chi connectivity index (χ1n) is 7.41. The largest absolute Gasteiger partial charge is 0.493 e. The third kappa shape index (κ3) is 7.49. The molecule has 0 aliphatic heterocycles. The van der Waals surface area contributed by atoms with Crippen molar-refractivity contribution in [1.29, 1.82) is 0 Å². The Morgan fingerprint density at radius 3 is 2.38 bits per heavy atom. The number of nitrogens with two attached hydrogens (primary N) is 1. The predicted octanol–water partition coefficient (Wildman–Crippen LogP) is 3.04. The van der Waals surface area contributed by atoms with Gasteiger partial charge >= 0.3 is 0 Å².